The monoisotopic (exact) mass is 489 g/mol. The number of anilines is 2. The Morgan fingerprint density at radius 3 is 2.57 bits per heavy atom. The minimum Gasteiger partial charge on any atom is -0.339 e. The number of nitrogens with one attached hydrogen (secondary N) is 1. The number of carbonyl (C=O) groups is 1. The first-order valence-corrected chi connectivity index (χ1v) is 10.5. The van der Waals surface area contributed by atoms with Gasteiger partial charge in [0, 0.05) is 43.4 Å². The van der Waals surface area contributed by atoms with Crippen molar-refractivity contribution in [1.82, 2.24) is 34.5 Å². The molecule has 0 fully saturated rings. The van der Waals surface area contributed by atoms with E-state index in [1.54, 1.807) is 31.5 Å². The van der Waals surface area contributed by atoms with E-state index in [0.717, 1.165) is 22.4 Å². The standard InChI is InChI=1S/C24H19N9O.Ar/c1-14-4-8-22(30-29-14)27-17-5-7-21-20(11-17)26-13-32(21)23-9-6-19(16(3)34)24(28-23)33-18(12-25)10-15(2)31-33;/h4-11,13H,1-3H3,(H,27,30);. The van der Waals surface area contributed by atoms with Crippen molar-refractivity contribution in [3.05, 3.63) is 77.5 Å². The van der Waals surface area contributed by atoms with Gasteiger partial charge in [-0.25, -0.2) is 14.6 Å². The van der Waals surface area contributed by atoms with E-state index in [4.69, 9.17) is 4.98 Å². The summed E-state index contributed by atoms with van der Waals surface area (Å²) in [6.07, 6.45) is 1.67. The number of pyridine rings is 1. The minimum atomic E-state index is -0.170. The largest absolute Gasteiger partial charge is 0.339 e. The molecule has 11 heteroatoms. The van der Waals surface area contributed by atoms with Crippen molar-refractivity contribution in [3.63, 3.8) is 0 Å². The summed E-state index contributed by atoms with van der Waals surface area (Å²) < 4.78 is 3.22. The Kier molecular flexibility index (Phi) is 6.93. The van der Waals surface area contributed by atoms with E-state index < -0.39 is 0 Å². The molecule has 0 aliphatic carbocycles. The number of fused-ring (bicyclic) bond motifs is 1. The van der Waals surface area contributed by atoms with Crippen molar-refractivity contribution in [2.45, 2.75) is 20.8 Å². The number of carbonyl (C=O) groups excluding carboxylic acids is 1. The molecule has 0 aliphatic heterocycles. The molecule has 4 aromatic heterocycles. The first kappa shape index (κ1) is 24.5. The first-order valence-electron chi connectivity index (χ1n) is 10.5. The van der Waals surface area contributed by atoms with Crippen molar-refractivity contribution in [2.75, 3.05) is 5.32 Å². The third-order valence-corrected chi connectivity index (χ3v) is 5.25. The number of benzene rings is 1. The molecular weight excluding hydrogens is 470 g/mol. The van der Waals surface area contributed by atoms with Gasteiger partial charge < -0.3 is 5.32 Å². The maximum atomic E-state index is 12.3. The van der Waals surface area contributed by atoms with Gasteiger partial charge in [0.05, 0.1) is 28.0 Å². The second kappa shape index (κ2) is 9.91. The molecule has 1 N–H and O–H groups in total. The summed E-state index contributed by atoms with van der Waals surface area (Å²) in [7, 11) is 0. The Hall–Kier alpha value is -3.65. The van der Waals surface area contributed by atoms with Crippen LogP contribution in [0.15, 0.2) is 54.9 Å². The molecule has 10 nitrogen and oxygen atoms in total. The van der Waals surface area contributed by atoms with Gasteiger partial charge in [0.2, 0.25) is 0 Å². The van der Waals surface area contributed by atoms with Gasteiger partial charge in [0.15, 0.2) is 17.4 Å². The zero-order valence-electron chi connectivity index (χ0n) is 19.0. The number of aryl methyl sites for hydroxylation is 2. The molecule has 0 aliphatic rings. The van der Waals surface area contributed by atoms with Crippen LogP contribution < -0.4 is 5.32 Å². The van der Waals surface area contributed by atoms with Crippen LogP contribution in [0, 0.1) is 62.9 Å². The second-order valence-electron chi connectivity index (χ2n) is 7.79. The Morgan fingerprint density at radius 1 is 1.03 bits per heavy atom. The van der Waals surface area contributed by atoms with Crippen LogP contribution in [0.1, 0.15) is 34.4 Å². The van der Waals surface area contributed by atoms with Crippen LogP contribution in [-0.2, 0) is 0 Å². The normalized spacial score (nSPS) is 10.6. The zero-order valence-corrected chi connectivity index (χ0v) is 19.7. The van der Waals surface area contributed by atoms with Gasteiger partial charge in [-0.1, -0.05) is 0 Å². The van der Waals surface area contributed by atoms with Crippen molar-refractivity contribution in [1.29, 1.82) is 5.26 Å². The Labute approximate surface area is 230 Å². The maximum absolute atomic E-state index is 12.3. The second-order valence-corrected chi connectivity index (χ2v) is 7.79. The first-order chi connectivity index (χ1) is 16.4. The molecule has 174 valence electrons. The fourth-order valence-electron chi connectivity index (χ4n) is 3.64. The van der Waals surface area contributed by atoms with Crippen LogP contribution in [-0.4, -0.2) is 40.3 Å². The maximum Gasteiger partial charge on any atom is 0.168 e. The van der Waals surface area contributed by atoms with Gasteiger partial charge in [0.1, 0.15) is 23.9 Å². The van der Waals surface area contributed by atoms with Gasteiger partial charge >= 0.3 is 0 Å². The van der Waals surface area contributed by atoms with Crippen LogP contribution in [0.25, 0.3) is 22.7 Å². The van der Waals surface area contributed by atoms with Gasteiger partial charge in [-0.15, -0.1) is 5.10 Å². The van der Waals surface area contributed by atoms with Crippen molar-refractivity contribution < 1.29 is 42.5 Å². The molecule has 0 amide bonds. The number of Topliss-reactive ketones (excluding diaryl/α,β-unsaturated/α-hetero) is 1. The van der Waals surface area contributed by atoms with Gasteiger partial charge in [0.25, 0.3) is 0 Å². The topological polar surface area (TPSA) is 127 Å². The fourth-order valence-corrected chi connectivity index (χ4v) is 3.64. The van der Waals surface area contributed by atoms with Crippen LogP contribution in [0.2, 0.25) is 0 Å². The molecule has 0 radical (unpaired) electrons. The van der Waals surface area contributed by atoms with E-state index in [9.17, 15) is 10.1 Å². The number of hydrogen-bond acceptors (Lipinski definition) is 8. The van der Waals surface area contributed by atoms with E-state index in [-0.39, 0.29) is 43.5 Å². The van der Waals surface area contributed by atoms with Gasteiger partial charge in [-0.2, -0.15) is 15.5 Å². The SMILES string of the molecule is CC(=O)c1ccc(-n2cnc3cc(Nc4ccc(C)nn4)ccc32)nc1-n1nc(C)cc1C#N.[Ar]. The van der Waals surface area contributed by atoms with E-state index in [0.29, 0.717) is 34.4 Å². The number of rotatable bonds is 5. The van der Waals surface area contributed by atoms with E-state index >= 15 is 0 Å². The third-order valence-electron chi connectivity index (χ3n) is 5.25. The summed E-state index contributed by atoms with van der Waals surface area (Å²) in [4.78, 5) is 21.5. The van der Waals surface area contributed by atoms with E-state index in [1.165, 1.54) is 11.6 Å². The quantitative estimate of drug-likeness (QED) is 0.369. The average Bonchev–Trinajstić information content (AvgIpc) is 3.43. The molecule has 1 aromatic carbocycles. The average molecular weight is 489 g/mol. The van der Waals surface area contributed by atoms with Crippen molar-refractivity contribution >= 4 is 28.3 Å². The Bertz CT molecular complexity index is 1600. The molecule has 0 spiro atoms. The number of nitrogens with zero attached hydrogens (tertiary/aromatic N) is 8. The number of nitriles is 1. The van der Waals surface area contributed by atoms with E-state index in [1.807, 2.05) is 41.8 Å². The zero-order chi connectivity index (χ0) is 23.8. The van der Waals surface area contributed by atoms with Gasteiger partial charge in [-0.3, -0.25) is 9.36 Å². The summed E-state index contributed by atoms with van der Waals surface area (Å²) in [5.41, 5.74) is 4.57. The number of ketones is 1. The number of imidazole rings is 1. The van der Waals surface area contributed by atoms with Crippen LogP contribution >= 0.6 is 0 Å². The summed E-state index contributed by atoms with van der Waals surface area (Å²) in [6.45, 7) is 5.13. The Morgan fingerprint density at radius 2 is 1.86 bits per heavy atom. The van der Waals surface area contributed by atoms with E-state index in [2.05, 4.69) is 31.7 Å². The summed E-state index contributed by atoms with van der Waals surface area (Å²) >= 11 is 0. The third kappa shape index (κ3) is 4.79. The molecular formula is C24H19ArN9O. The van der Waals surface area contributed by atoms with Crippen molar-refractivity contribution in [2.24, 2.45) is 0 Å². The molecule has 35 heavy (non-hydrogen) atoms. The summed E-state index contributed by atoms with van der Waals surface area (Å²) in [5, 5.41) is 25.3. The molecule has 0 unspecified atom stereocenters. The predicted octanol–water partition coefficient (Wildman–Crippen LogP) is 3.83. The molecule has 5 rings (SSSR count). The molecule has 4 heterocycles. The number of hydrogen-bond donors (Lipinski definition) is 1. The van der Waals surface area contributed by atoms with Crippen LogP contribution in [0.3, 0.4) is 0 Å². The smallest absolute Gasteiger partial charge is 0.168 e. The molecule has 5 aromatic rings. The van der Waals surface area contributed by atoms with Crippen LogP contribution in [0.4, 0.5) is 11.5 Å². The molecule has 0 saturated carbocycles. The number of aromatic nitrogens is 7. The van der Waals surface area contributed by atoms with Gasteiger partial charge in [-0.05, 0) is 69.3 Å². The van der Waals surface area contributed by atoms with Crippen molar-refractivity contribution in [3.8, 4) is 17.7 Å². The summed E-state index contributed by atoms with van der Waals surface area (Å²) in [5.74, 6) is 1.31. The Balaban J connectivity index is 0.00000289. The summed E-state index contributed by atoms with van der Waals surface area (Å²) in [6, 6.07) is 16.7. The molecule has 0 atom stereocenters. The minimum absolute atomic E-state index is 0. The molecule has 0 bridgehead atoms. The fraction of sp³-hybridized carbons (Fsp3) is 0.125. The van der Waals surface area contributed by atoms with Crippen LogP contribution in [0.5, 0.6) is 0 Å². The predicted molar refractivity (Wildman–Crippen MR) is 125 cm³/mol. The molecule has 0 saturated heterocycles.